The Labute approximate surface area is 140 Å². The van der Waals surface area contributed by atoms with Gasteiger partial charge in [0.15, 0.2) is 5.82 Å². The van der Waals surface area contributed by atoms with Crippen LogP contribution < -0.4 is 11.1 Å². The van der Waals surface area contributed by atoms with E-state index >= 15 is 0 Å². The van der Waals surface area contributed by atoms with Crippen molar-refractivity contribution in [2.75, 3.05) is 11.1 Å². The second kappa shape index (κ2) is 6.23. The van der Waals surface area contributed by atoms with E-state index in [9.17, 15) is 0 Å². The fourth-order valence-corrected chi connectivity index (χ4v) is 3.06. The molecule has 0 saturated carbocycles. The van der Waals surface area contributed by atoms with Crippen LogP contribution in [0.2, 0.25) is 0 Å². The van der Waals surface area contributed by atoms with Gasteiger partial charge in [-0.3, -0.25) is 0 Å². The largest absolute Gasteiger partial charge is 0.368 e. The smallest absolute Gasteiger partial charge is 0.221 e. The molecule has 120 valence electrons. The van der Waals surface area contributed by atoms with Crippen molar-refractivity contribution >= 4 is 11.8 Å². The van der Waals surface area contributed by atoms with Crippen molar-refractivity contribution in [3.63, 3.8) is 0 Å². The zero-order valence-electron chi connectivity index (χ0n) is 13.2. The van der Waals surface area contributed by atoms with Crippen LogP contribution in [0.3, 0.4) is 0 Å². The number of aromatic nitrogens is 4. The van der Waals surface area contributed by atoms with Gasteiger partial charge in [-0.1, -0.05) is 30.3 Å². The predicted octanol–water partition coefficient (Wildman–Crippen LogP) is 3.01. The topological polar surface area (TPSA) is 89.6 Å². The van der Waals surface area contributed by atoms with Crippen LogP contribution in [0, 0.1) is 0 Å². The number of fused-ring (bicyclic) bond motifs is 1. The number of nitrogens with two attached hydrogens (primary N) is 1. The zero-order valence-corrected chi connectivity index (χ0v) is 13.2. The van der Waals surface area contributed by atoms with E-state index in [1.165, 1.54) is 0 Å². The van der Waals surface area contributed by atoms with Crippen LogP contribution >= 0.6 is 0 Å². The van der Waals surface area contributed by atoms with Gasteiger partial charge in [0.25, 0.3) is 0 Å². The molecule has 1 aromatic carbocycles. The van der Waals surface area contributed by atoms with E-state index in [2.05, 4.69) is 20.3 Å². The number of hydrogen-bond donors (Lipinski definition) is 2. The number of benzene rings is 1. The molecule has 0 aliphatic heterocycles. The van der Waals surface area contributed by atoms with Crippen molar-refractivity contribution in [1.29, 1.82) is 0 Å². The summed E-state index contributed by atoms with van der Waals surface area (Å²) in [4.78, 5) is 17.5. The molecule has 6 heteroatoms. The quantitative estimate of drug-likeness (QED) is 0.771. The highest BCUT2D eigenvalue weighted by molar-refractivity contribution is 5.55. The molecule has 4 rings (SSSR count). The van der Waals surface area contributed by atoms with Gasteiger partial charge in [0.1, 0.15) is 5.82 Å². The van der Waals surface area contributed by atoms with Crippen molar-refractivity contribution in [3.05, 3.63) is 60.0 Å². The first-order chi connectivity index (χ1) is 11.8. The van der Waals surface area contributed by atoms with Gasteiger partial charge in [0, 0.05) is 29.2 Å². The van der Waals surface area contributed by atoms with Crippen LogP contribution in [0.1, 0.15) is 30.1 Å². The summed E-state index contributed by atoms with van der Waals surface area (Å²) in [5, 5.41) is 3.43. The summed E-state index contributed by atoms with van der Waals surface area (Å²) in [5.74, 6) is 1.78. The lowest BCUT2D eigenvalue weighted by Crippen LogP contribution is -2.20. The van der Waals surface area contributed by atoms with Gasteiger partial charge >= 0.3 is 0 Å². The molecule has 2 heterocycles. The number of anilines is 2. The van der Waals surface area contributed by atoms with Crippen LogP contribution in [-0.4, -0.2) is 19.9 Å². The van der Waals surface area contributed by atoms with Gasteiger partial charge in [-0.2, -0.15) is 4.98 Å². The van der Waals surface area contributed by atoms with Crippen LogP contribution in [0.15, 0.2) is 48.8 Å². The van der Waals surface area contributed by atoms with E-state index in [1.807, 2.05) is 42.6 Å². The van der Waals surface area contributed by atoms with E-state index in [0.29, 0.717) is 0 Å². The van der Waals surface area contributed by atoms with Crippen LogP contribution in [0.5, 0.6) is 0 Å². The normalized spacial score (nSPS) is 16.4. The van der Waals surface area contributed by atoms with E-state index in [1.54, 1.807) is 6.20 Å². The molecule has 6 nitrogen and oxygen atoms in total. The van der Waals surface area contributed by atoms with Gasteiger partial charge < -0.3 is 11.1 Å². The second-order valence-corrected chi connectivity index (χ2v) is 5.85. The highest BCUT2D eigenvalue weighted by Crippen LogP contribution is 2.31. The van der Waals surface area contributed by atoms with Gasteiger partial charge in [-0.05, 0) is 25.3 Å². The van der Waals surface area contributed by atoms with Gasteiger partial charge in [-0.15, -0.1) is 0 Å². The molecule has 24 heavy (non-hydrogen) atoms. The molecule has 2 aromatic heterocycles. The van der Waals surface area contributed by atoms with Gasteiger partial charge in [0.2, 0.25) is 5.95 Å². The molecule has 0 amide bonds. The van der Waals surface area contributed by atoms with Crippen molar-refractivity contribution < 1.29 is 0 Å². The summed E-state index contributed by atoms with van der Waals surface area (Å²) in [6, 6.07) is 12.0. The summed E-state index contributed by atoms with van der Waals surface area (Å²) in [6.45, 7) is 0. The van der Waals surface area contributed by atoms with Crippen LogP contribution in [-0.2, 0) is 6.42 Å². The molecule has 1 aliphatic carbocycles. The molecule has 0 saturated heterocycles. The molecular formula is C18H18N6. The standard InChI is InChI=1S/C18H18N6/c19-18-20-10-9-16(24-18)22-14-7-4-8-15-13(14)11-21-17(23-15)12-5-2-1-3-6-12/h1-3,5-6,9-11,14H,4,7-8H2,(H3,19,20,22,24)/t14-/m0/s1. The molecule has 3 N–H and O–H groups in total. The Hall–Kier alpha value is -3.02. The number of aryl methyl sites for hydroxylation is 1. The fraction of sp³-hybridized carbons (Fsp3) is 0.222. The maximum atomic E-state index is 5.66. The molecular weight excluding hydrogens is 300 g/mol. The minimum Gasteiger partial charge on any atom is -0.368 e. The first-order valence-corrected chi connectivity index (χ1v) is 8.06. The minimum atomic E-state index is 0.146. The third-order valence-corrected chi connectivity index (χ3v) is 4.21. The molecule has 0 unspecified atom stereocenters. The third-order valence-electron chi connectivity index (χ3n) is 4.21. The lowest BCUT2D eigenvalue weighted by atomic mass is 9.92. The molecule has 1 atom stereocenters. The summed E-state index contributed by atoms with van der Waals surface area (Å²) in [7, 11) is 0. The van der Waals surface area contributed by atoms with E-state index < -0.39 is 0 Å². The zero-order chi connectivity index (χ0) is 16.4. The molecule has 1 aliphatic rings. The molecule has 0 spiro atoms. The Bertz CT molecular complexity index is 849. The van der Waals surface area contributed by atoms with Gasteiger partial charge in [-0.25, -0.2) is 15.0 Å². The summed E-state index contributed by atoms with van der Waals surface area (Å²) in [5.41, 5.74) is 8.94. The summed E-state index contributed by atoms with van der Waals surface area (Å²) < 4.78 is 0. The Morgan fingerprint density at radius 2 is 1.92 bits per heavy atom. The Morgan fingerprint density at radius 1 is 1.04 bits per heavy atom. The molecule has 0 fully saturated rings. The van der Waals surface area contributed by atoms with Crippen molar-refractivity contribution in [2.45, 2.75) is 25.3 Å². The second-order valence-electron chi connectivity index (χ2n) is 5.85. The molecule has 0 bridgehead atoms. The third kappa shape index (κ3) is 2.90. The first-order valence-electron chi connectivity index (χ1n) is 8.06. The minimum absolute atomic E-state index is 0.146. The van der Waals surface area contributed by atoms with Crippen molar-refractivity contribution in [2.24, 2.45) is 0 Å². The maximum Gasteiger partial charge on any atom is 0.221 e. The first kappa shape index (κ1) is 14.6. The Morgan fingerprint density at radius 3 is 2.75 bits per heavy atom. The van der Waals surface area contributed by atoms with Crippen LogP contribution in [0.25, 0.3) is 11.4 Å². The van der Waals surface area contributed by atoms with Crippen LogP contribution in [0.4, 0.5) is 11.8 Å². The number of nitrogens with zero attached hydrogens (tertiary/aromatic N) is 4. The summed E-state index contributed by atoms with van der Waals surface area (Å²) in [6.07, 6.45) is 6.67. The Kier molecular flexibility index (Phi) is 3.78. The van der Waals surface area contributed by atoms with E-state index in [4.69, 9.17) is 10.7 Å². The molecule has 3 aromatic rings. The number of nitrogens with one attached hydrogen (secondary N) is 1. The van der Waals surface area contributed by atoms with Crippen molar-refractivity contribution in [1.82, 2.24) is 19.9 Å². The average Bonchev–Trinajstić information content (AvgIpc) is 2.62. The lowest BCUT2D eigenvalue weighted by molar-refractivity contribution is 0.583. The number of hydrogen-bond acceptors (Lipinski definition) is 6. The fourth-order valence-electron chi connectivity index (χ4n) is 3.06. The number of nitrogen functional groups attached to an aromatic ring is 1. The molecule has 0 radical (unpaired) electrons. The summed E-state index contributed by atoms with van der Waals surface area (Å²) >= 11 is 0. The monoisotopic (exact) mass is 318 g/mol. The maximum absolute atomic E-state index is 5.66. The van der Waals surface area contributed by atoms with Gasteiger partial charge in [0.05, 0.1) is 6.04 Å². The highest BCUT2D eigenvalue weighted by Gasteiger charge is 2.22. The van der Waals surface area contributed by atoms with E-state index in [-0.39, 0.29) is 12.0 Å². The lowest BCUT2D eigenvalue weighted by Gasteiger charge is -2.26. The SMILES string of the molecule is Nc1nccc(N[C@H]2CCCc3nc(-c4ccccc4)ncc32)n1. The van der Waals surface area contributed by atoms with Crippen molar-refractivity contribution in [3.8, 4) is 11.4 Å². The Balaban J connectivity index is 1.63. The average molecular weight is 318 g/mol. The predicted molar refractivity (Wildman–Crippen MR) is 93.2 cm³/mol. The van der Waals surface area contributed by atoms with E-state index in [0.717, 1.165) is 47.7 Å². The number of rotatable bonds is 3. The highest BCUT2D eigenvalue weighted by atomic mass is 15.1.